The van der Waals surface area contributed by atoms with E-state index in [1.54, 1.807) is 55.5 Å². The summed E-state index contributed by atoms with van der Waals surface area (Å²) in [7, 11) is 0. The van der Waals surface area contributed by atoms with Crippen LogP contribution in [0.15, 0.2) is 53.1 Å². The van der Waals surface area contributed by atoms with Gasteiger partial charge in [0.05, 0.1) is 0 Å². The highest BCUT2D eigenvalue weighted by Crippen LogP contribution is 2.20. The Bertz CT molecular complexity index is 964. The molecule has 0 aliphatic carbocycles. The number of benzene rings is 2. The average Bonchev–Trinajstić information content (AvgIpc) is 3.02. The molecule has 1 heterocycles. The van der Waals surface area contributed by atoms with Crippen LogP contribution in [0, 0.1) is 13.8 Å². The summed E-state index contributed by atoms with van der Waals surface area (Å²) in [4.78, 5) is 24.5. The first-order chi connectivity index (χ1) is 12.4. The molecule has 1 aromatic heterocycles. The average molecular weight is 370 g/mol. The van der Waals surface area contributed by atoms with Crippen molar-refractivity contribution in [3.8, 4) is 0 Å². The summed E-state index contributed by atoms with van der Waals surface area (Å²) >= 11 is 5.92. The number of anilines is 2. The third-order valence-corrected chi connectivity index (χ3v) is 3.95. The number of nitrogens with zero attached hydrogens (tertiary/aromatic N) is 1. The van der Waals surface area contributed by atoms with E-state index in [1.165, 1.54) is 0 Å². The highest BCUT2D eigenvalue weighted by molar-refractivity contribution is 6.30. The predicted molar refractivity (Wildman–Crippen MR) is 99.8 cm³/mol. The van der Waals surface area contributed by atoms with E-state index < -0.39 is 0 Å². The second kappa shape index (κ2) is 7.41. The van der Waals surface area contributed by atoms with Gasteiger partial charge >= 0.3 is 0 Å². The van der Waals surface area contributed by atoms with E-state index in [4.69, 9.17) is 16.1 Å². The van der Waals surface area contributed by atoms with Crippen molar-refractivity contribution in [3.63, 3.8) is 0 Å². The van der Waals surface area contributed by atoms with Crippen LogP contribution in [0.4, 0.5) is 11.5 Å². The van der Waals surface area contributed by atoms with Crippen molar-refractivity contribution in [2.75, 3.05) is 10.6 Å². The molecule has 0 aliphatic heterocycles. The Morgan fingerprint density at radius 1 is 0.923 bits per heavy atom. The maximum Gasteiger partial charge on any atom is 0.256 e. The molecule has 0 fully saturated rings. The van der Waals surface area contributed by atoms with Crippen LogP contribution >= 0.6 is 11.6 Å². The zero-order valence-electron chi connectivity index (χ0n) is 14.2. The number of amides is 2. The minimum absolute atomic E-state index is 0.269. The Hall–Kier alpha value is -3.12. The number of nitrogens with one attached hydrogen (secondary N) is 2. The minimum Gasteiger partial charge on any atom is -0.360 e. The van der Waals surface area contributed by atoms with E-state index in [-0.39, 0.29) is 11.8 Å². The molecule has 3 aromatic rings. The predicted octanol–water partition coefficient (Wildman–Crippen LogP) is 4.45. The second-order valence-electron chi connectivity index (χ2n) is 5.77. The Balaban J connectivity index is 1.68. The van der Waals surface area contributed by atoms with Gasteiger partial charge in [-0.1, -0.05) is 16.8 Å². The molecule has 0 spiro atoms. The van der Waals surface area contributed by atoms with Crippen molar-refractivity contribution in [2.45, 2.75) is 13.8 Å². The normalized spacial score (nSPS) is 10.4. The molecule has 0 bridgehead atoms. The number of hydrogen-bond acceptors (Lipinski definition) is 4. The fraction of sp³-hybridized carbons (Fsp3) is 0.105. The molecule has 0 aliphatic rings. The van der Waals surface area contributed by atoms with Gasteiger partial charge < -0.3 is 15.2 Å². The van der Waals surface area contributed by atoms with Gasteiger partial charge in [-0.15, -0.1) is 0 Å². The maximum absolute atomic E-state index is 12.4. The fourth-order valence-corrected chi connectivity index (χ4v) is 2.58. The van der Waals surface area contributed by atoms with Crippen molar-refractivity contribution < 1.29 is 14.1 Å². The van der Waals surface area contributed by atoms with Gasteiger partial charge in [-0.2, -0.15) is 0 Å². The lowest BCUT2D eigenvalue weighted by atomic mass is 10.1. The van der Waals surface area contributed by atoms with Gasteiger partial charge in [-0.25, -0.2) is 0 Å². The van der Waals surface area contributed by atoms with Crippen molar-refractivity contribution >= 4 is 34.9 Å². The maximum atomic E-state index is 12.4. The van der Waals surface area contributed by atoms with Crippen molar-refractivity contribution in [1.29, 1.82) is 0 Å². The molecule has 3 rings (SSSR count). The molecule has 0 unspecified atom stereocenters. The van der Waals surface area contributed by atoms with Gasteiger partial charge in [0.15, 0.2) is 5.82 Å². The van der Waals surface area contributed by atoms with Crippen LogP contribution in [0.1, 0.15) is 32.0 Å². The molecule has 2 aromatic carbocycles. The molecule has 2 amide bonds. The van der Waals surface area contributed by atoms with Crippen LogP contribution in [-0.2, 0) is 0 Å². The minimum atomic E-state index is -0.334. The zero-order chi connectivity index (χ0) is 18.7. The summed E-state index contributed by atoms with van der Waals surface area (Å²) in [6, 6.07) is 13.2. The van der Waals surface area contributed by atoms with Gasteiger partial charge in [-0.05, 0) is 61.9 Å². The third kappa shape index (κ3) is 4.10. The number of aryl methyl sites for hydroxylation is 2. The molecule has 6 nitrogen and oxygen atoms in total. The topological polar surface area (TPSA) is 84.2 Å². The summed E-state index contributed by atoms with van der Waals surface area (Å²) in [6.07, 6.45) is 0. The van der Waals surface area contributed by atoms with E-state index in [1.807, 2.05) is 6.92 Å². The number of carbonyl (C=O) groups is 2. The van der Waals surface area contributed by atoms with E-state index in [2.05, 4.69) is 15.8 Å². The van der Waals surface area contributed by atoms with Crippen LogP contribution in [0.25, 0.3) is 0 Å². The van der Waals surface area contributed by atoms with Gasteiger partial charge in [0.25, 0.3) is 11.8 Å². The molecule has 26 heavy (non-hydrogen) atoms. The van der Waals surface area contributed by atoms with Crippen LogP contribution in [0.3, 0.4) is 0 Å². The molecular weight excluding hydrogens is 354 g/mol. The van der Waals surface area contributed by atoms with Crippen LogP contribution < -0.4 is 10.6 Å². The Morgan fingerprint density at radius 2 is 1.54 bits per heavy atom. The Kier molecular flexibility index (Phi) is 5.04. The quantitative estimate of drug-likeness (QED) is 0.711. The number of halogens is 1. The van der Waals surface area contributed by atoms with E-state index >= 15 is 0 Å². The number of hydrogen-bond donors (Lipinski definition) is 2. The molecule has 0 radical (unpaired) electrons. The first-order valence-electron chi connectivity index (χ1n) is 7.84. The van der Waals surface area contributed by atoms with Crippen LogP contribution in [0.5, 0.6) is 0 Å². The fourth-order valence-electron chi connectivity index (χ4n) is 2.35. The lowest BCUT2D eigenvalue weighted by molar-refractivity contribution is 0.101. The van der Waals surface area contributed by atoms with Crippen molar-refractivity contribution in [1.82, 2.24) is 5.16 Å². The molecule has 0 atom stereocenters. The zero-order valence-corrected chi connectivity index (χ0v) is 14.9. The van der Waals surface area contributed by atoms with Crippen LogP contribution in [0.2, 0.25) is 5.02 Å². The highest BCUT2D eigenvalue weighted by Gasteiger charge is 2.12. The van der Waals surface area contributed by atoms with Gasteiger partial charge in [-0.3, -0.25) is 9.59 Å². The van der Waals surface area contributed by atoms with E-state index in [9.17, 15) is 9.59 Å². The summed E-state index contributed by atoms with van der Waals surface area (Å²) in [5.74, 6) is 0.339. The van der Waals surface area contributed by atoms with Gasteiger partial charge in [0.2, 0.25) is 0 Å². The van der Waals surface area contributed by atoms with Gasteiger partial charge in [0, 0.05) is 27.9 Å². The smallest absolute Gasteiger partial charge is 0.256 e. The largest absolute Gasteiger partial charge is 0.360 e. The molecular formula is C19H16ClN3O3. The molecule has 0 saturated carbocycles. The molecule has 0 saturated heterocycles. The second-order valence-corrected chi connectivity index (χ2v) is 6.20. The summed E-state index contributed by atoms with van der Waals surface area (Å²) in [6.45, 7) is 3.60. The highest BCUT2D eigenvalue weighted by atomic mass is 35.5. The SMILES string of the molecule is Cc1cc(NC(=O)c2ccc(C(=O)Nc3ccc(Cl)cc3C)cc2)no1. The summed E-state index contributed by atoms with van der Waals surface area (Å²) in [5, 5.41) is 9.77. The van der Waals surface area contributed by atoms with E-state index in [0.717, 1.165) is 5.56 Å². The number of rotatable bonds is 4. The third-order valence-electron chi connectivity index (χ3n) is 3.72. The van der Waals surface area contributed by atoms with Crippen LogP contribution in [-0.4, -0.2) is 17.0 Å². The van der Waals surface area contributed by atoms with Crippen molar-refractivity contribution in [3.05, 3.63) is 76.0 Å². The molecule has 7 heteroatoms. The first kappa shape index (κ1) is 17.7. The van der Waals surface area contributed by atoms with Crippen molar-refractivity contribution in [2.24, 2.45) is 0 Å². The number of aromatic nitrogens is 1. The summed E-state index contributed by atoms with van der Waals surface area (Å²) in [5.41, 5.74) is 2.39. The monoisotopic (exact) mass is 369 g/mol. The Morgan fingerprint density at radius 3 is 2.08 bits per heavy atom. The Labute approximate surface area is 155 Å². The summed E-state index contributed by atoms with van der Waals surface area (Å²) < 4.78 is 4.90. The lowest BCUT2D eigenvalue weighted by Crippen LogP contribution is -2.15. The van der Waals surface area contributed by atoms with Gasteiger partial charge in [0.1, 0.15) is 5.76 Å². The molecule has 2 N–H and O–H groups in total. The lowest BCUT2D eigenvalue weighted by Gasteiger charge is -2.09. The molecule has 132 valence electrons. The number of carbonyl (C=O) groups excluding carboxylic acids is 2. The standard InChI is InChI=1S/C19H16ClN3O3/c1-11-9-15(20)7-8-16(11)21-18(24)13-3-5-14(6-4-13)19(25)22-17-10-12(2)26-23-17/h3-10H,1-2H3,(H,21,24)(H,22,23,25). The van der Waals surface area contributed by atoms with E-state index in [0.29, 0.717) is 33.4 Å². The first-order valence-corrected chi connectivity index (χ1v) is 8.22.